The number of aliphatic carboxylic acids is 2. The lowest BCUT2D eigenvalue weighted by molar-refractivity contribution is -0.141. The molecule has 1 atom stereocenters. The fourth-order valence-electron chi connectivity index (χ4n) is 1.55. The second kappa shape index (κ2) is 6.63. The summed E-state index contributed by atoms with van der Waals surface area (Å²) in [6.45, 7) is 1.18. The van der Waals surface area contributed by atoms with Crippen molar-refractivity contribution < 1.29 is 19.8 Å². The Balaban J connectivity index is 3.05. The van der Waals surface area contributed by atoms with Crippen LogP contribution in [0, 0.1) is 5.92 Å². The fraction of sp³-hybridized carbons (Fsp3) is 0.333. The van der Waals surface area contributed by atoms with Gasteiger partial charge in [0.05, 0.1) is 16.6 Å². The van der Waals surface area contributed by atoms with Crippen LogP contribution >= 0.6 is 23.2 Å². The first-order valence-electron chi connectivity index (χ1n) is 5.46. The highest BCUT2D eigenvalue weighted by molar-refractivity contribution is 6.35. The Hall–Kier alpha value is -1.46. The maximum absolute atomic E-state index is 10.9. The van der Waals surface area contributed by atoms with Crippen molar-refractivity contribution in [1.29, 1.82) is 0 Å². The number of hydrogen-bond donors (Lipinski definition) is 2. The Morgan fingerprint density at radius 3 is 2.47 bits per heavy atom. The molecule has 0 spiro atoms. The molecule has 2 N–H and O–H groups in total. The normalized spacial score (nSPS) is 11.9. The smallest absolute Gasteiger partial charge is 0.323 e. The van der Waals surface area contributed by atoms with E-state index in [0.717, 1.165) is 0 Å². The third-order valence-corrected chi connectivity index (χ3v) is 3.05. The van der Waals surface area contributed by atoms with Crippen LogP contribution in [0.5, 0.6) is 0 Å². The first kappa shape index (κ1) is 15.6. The van der Waals surface area contributed by atoms with E-state index in [1.54, 1.807) is 12.1 Å². The first-order valence-corrected chi connectivity index (χ1v) is 6.21. The van der Waals surface area contributed by atoms with Crippen molar-refractivity contribution in [2.45, 2.75) is 6.92 Å². The van der Waals surface area contributed by atoms with Gasteiger partial charge in [0.1, 0.15) is 6.54 Å². The highest BCUT2D eigenvalue weighted by Gasteiger charge is 2.20. The van der Waals surface area contributed by atoms with Gasteiger partial charge in [0.2, 0.25) is 0 Å². The molecule has 0 aliphatic heterocycles. The van der Waals surface area contributed by atoms with Gasteiger partial charge < -0.3 is 15.1 Å². The molecule has 0 amide bonds. The van der Waals surface area contributed by atoms with E-state index in [1.165, 1.54) is 17.9 Å². The van der Waals surface area contributed by atoms with E-state index in [0.29, 0.717) is 15.7 Å². The van der Waals surface area contributed by atoms with Crippen molar-refractivity contribution in [1.82, 2.24) is 0 Å². The molecule has 0 bridgehead atoms. The topological polar surface area (TPSA) is 77.8 Å². The maximum atomic E-state index is 10.9. The molecule has 0 aromatic heterocycles. The Kier molecular flexibility index (Phi) is 5.44. The van der Waals surface area contributed by atoms with E-state index in [9.17, 15) is 9.59 Å². The molecule has 0 saturated heterocycles. The molecule has 7 heteroatoms. The van der Waals surface area contributed by atoms with Crippen LogP contribution < -0.4 is 4.90 Å². The molecule has 0 saturated carbocycles. The fourth-order valence-corrected chi connectivity index (χ4v) is 1.95. The summed E-state index contributed by atoms with van der Waals surface area (Å²) < 4.78 is 0. The SMILES string of the molecule is CC(CN(CC(=O)O)c1cc(Cl)ccc1Cl)C(=O)O. The van der Waals surface area contributed by atoms with Crippen LogP contribution in [0.3, 0.4) is 0 Å². The van der Waals surface area contributed by atoms with Gasteiger partial charge in [-0.1, -0.05) is 30.1 Å². The summed E-state index contributed by atoms with van der Waals surface area (Å²) in [5, 5.41) is 18.5. The van der Waals surface area contributed by atoms with Crippen molar-refractivity contribution in [2.24, 2.45) is 5.92 Å². The first-order chi connectivity index (χ1) is 8.81. The number of carboxylic acid groups (broad SMARTS) is 2. The predicted octanol–water partition coefficient (Wildman–Crippen LogP) is 2.61. The minimum atomic E-state index is -1.08. The number of carbonyl (C=O) groups is 2. The summed E-state index contributed by atoms with van der Waals surface area (Å²) >= 11 is 11.8. The average molecular weight is 306 g/mol. The lowest BCUT2D eigenvalue weighted by Crippen LogP contribution is -2.36. The lowest BCUT2D eigenvalue weighted by Gasteiger charge is -2.25. The number of nitrogens with zero attached hydrogens (tertiary/aromatic N) is 1. The molecule has 0 radical (unpaired) electrons. The maximum Gasteiger partial charge on any atom is 0.323 e. The molecule has 104 valence electrons. The van der Waals surface area contributed by atoms with E-state index in [2.05, 4.69) is 0 Å². The molecule has 1 aromatic rings. The Morgan fingerprint density at radius 2 is 1.95 bits per heavy atom. The number of carboxylic acids is 2. The predicted molar refractivity (Wildman–Crippen MR) is 73.1 cm³/mol. The van der Waals surface area contributed by atoms with Crippen molar-refractivity contribution in [3.8, 4) is 0 Å². The van der Waals surface area contributed by atoms with Crippen LogP contribution in [0.4, 0.5) is 5.69 Å². The largest absolute Gasteiger partial charge is 0.481 e. The van der Waals surface area contributed by atoms with E-state index in [4.69, 9.17) is 33.4 Å². The van der Waals surface area contributed by atoms with E-state index < -0.39 is 17.9 Å². The number of rotatable bonds is 6. The Morgan fingerprint density at radius 1 is 1.32 bits per heavy atom. The van der Waals surface area contributed by atoms with Crippen LogP contribution in [0.25, 0.3) is 0 Å². The number of benzene rings is 1. The van der Waals surface area contributed by atoms with Gasteiger partial charge in [0, 0.05) is 11.6 Å². The standard InChI is InChI=1S/C12H13Cl2NO4/c1-7(12(18)19)5-15(6-11(16)17)10-4-8(13)2-3-9(10)14/h2-4,7H,5-6H2,1H3,(H,16,17)(H,18,19). The molecule has 1 rings (SSSR count). The second-order valence-electron chi connectivity index (χ2n) is 4.11. The van der Waals surface area contributed by atoms with Gasteiger partial charge in [-0.15, -0.1) is 0 Å². The lowest BCUT2D eigenvalue weighted by atomic mass is 10.1. The van der Waals surface area contributed by atoms with Crippen LogP contribution in [0.2, 0.25) is 10.0 Å². The van der Waals surface area contributed by atoms with Gasteiger partial charge in [0.25, 0.3) is 0 Å². The van der Waals surface area contributed by atoms with E-state index in [1.807, 2.05) is 0 Å². The molecule has 5 nitrogen and oxygen atoms in total. The third kappa shape index (κ3) is 4.61. The summed E-state index contributed by atoms with van der Waals surface area (Å²) in [6, 6.07) is 4.63. The van der Waals surface area contributed by atoms with Crippen LogP contribution in [0.1, 0.15) is 6.92 Å². The minimum absolute atomic E-state index is 0.0295. The zero-order valence-corrected chi connectivity index (χ0v) is 11.6. The number of hydrogen-bond acceptors (Lipinski definition) is 3. The molecule has 0 fully saturated rings. The molecule has 19 heavy (non-hydrogen) atoms. The van der Waals surface area contributed by atoms with E-state index >= 15 is 0 Å². The van der Waals surface area contributed by atoms with Crippen molar-refractivity contribution in [2.75, 3.05) is 18.0 Å². The quantitative estimate of drug-likeness (QED) is 0.844. The average Bonchev–Trinajstić information content (AvgIpc) is 2.30. The highest BCUT2D eigenvalue weighted by atomic mass is 35.5. The van der Waals surface area contributed by atoms with E-state index in [-0.39, 0.29) is 13.1 Å². The molecular weight excluding hydrogens is 293 g/mol. The number of anilines is 1. The Labute approximate surface area is 120 Å². The second-order valence-corrected chi connectivity index (χ2v) is 4.95. The monoisotopic (exact) mass is 305 g/mol. The molecule has 1 unspecified atom stereocenters. The van der Waals surface area contributed by atoms with Crippen LogP contribution in [-0.2, 0) is 9.59 Å². The zero-order valence-electron chi connectivity index (χ0n) is 10.1. The van der Waals surface area contributed by atoms with Gasteiger partial charge in [-0.05, 0) is 18.2 Å². The summed E-state index contributed by atoms with van der Waals surface area (Å²) in [5.74, 6) is -2.81. The molecular formula is C12H13Cl2NO4. The summed E-state index contributed by atoms with van der Waals surface area (Å²) in [5.41, 5.74) is 0.407. The molecule has 0 heterocycles. The highest BCUT2D eigenvalue weighted by Crippen LogP contribution is 2.29. The third-order valence-electron chi connectivity index (χ3n) is 2.49. The summed E-state index contributed by atoms with van der Waals surface area (Å²) in [4.78, 5) is 23.1. The van der Waals surface area contributed by atoms with Gasteiger partial charge in [-0.3, -0.25) is 9.59 Å². The van der Waals surface area contributed by atoms with Gasteiger partial charge in [-0.2, -0.15) is 0 Å². The zero-order chi connectivity index (χ0) is 14.6. The van der Waals surface area contributed by atoms with Crippen LogP contribution in [-0.4, -0.2) is 35.2 Å². The number of halogens is 2. The van der Waals surface area contributed by atoms with Crippen LogP contribution in [0.15, 0.2) is 18.2 Å². The molecule has 1 aromatic carbocycles. The minimum Gasteiger partial charge on any atom is -0.481 e. The summed E-state index contributed by atoms with van der Waals surface area (Å²) in [6.07, 6.45) is 0. The van der Waals surface area contributed by atoms with Crippen molar-refractivity contribution in [3.05, 3.63) is 28.2 Å². The Bertz CT molecular complexity index is 493. The van der Waals surface area contributed by atoms with Gasteiger partial charge >= 0.3 is 11.9 Å². The van der Waals surface area contributed by atoms with Crippen molar-refractivity contribution >= 4 is 40.8 Å². The summed E-state index contributed by atoms with van der Waals surface area (Å²) in [7, 11) is 0. The van der Waals surface area contributed by atoms with Gasteiger partial charge in [-0.25, -0.2) is 0 Å². The van der Waals surface area contributed by atoms with Gasteiger partial charge in [0.15, 0.2) is 0 Å². The molecule has 0 aliphatic rings. The molecule has 0 aliphatic carbocycles. The van der Waals surface area contributed by atoms with Crippen molar-refractivity contribution in [3.63, 3.8) is 0 Å².